The number of rotatable bonds is 3. The van der Waals surface area contributed by atoms with Gasteiger partial charge in [0.2, 0.25) is 5.76 Å². The minimum Gasteiger partial charge on any atom is -0.495 e. The molecule has 1 aromatic carbocycles. The monoisotopic (exact) mass is 321 g/mol. The molecule has 1 N–H and O–H groups in total. The van der Waals surface area contributed by atoms with Crippen LogP contribution < -0.4 is 4.74 Å². The third kappa shape index (κ3) is 2.94. The molecule has 112 valence electrons. The smallest absolute Gasteiger partial charge is 0.420 e. The van der Waals surface area contributed by atoms with Crippen molar-refractivity contribution in [1.29, 1.82) is 0 Å². The van der Waals surface area contributed by atoms with E-state index >= 15 is 0 Å². The molecule has 1 heterocycles. The molecule has 0 fully saturated rings. The number of alkyl halides is 3. The van der Waals surface area contributed by atoms with Gasteiger partial charge in [-0.25, -0.2) is 4.79 Å². The fourth-order valence-electron chi connectivity index (χ4n) is 1.67. The second-order valence-electron chi connectivity index (χ2n) is 3.92. The highest BCUT2D eigenvalue weighted by Gasteiger charge is 2.36. The summed E-state index contributed by atoms with van der Waals surface area (Å²) >= 11 is 5.76. The van der Waals surface area contributed by atoms with Gasteiger partial charge >= 0.3 is 12.1 Å². The Kier molecular flexibility index (Phi) is 3.82. The maximum Gasteiger partial charge on any atom is 0.420 e. The minimum absolute atomic E-state index is 0.0376. The molecule has 0 aliphatic rings. The Labute approximate surface area is 120 Å². The van der Waals surface area contributed by atoms with Crippen molar-refractivity contribution in [3.63, 3.8) is 0 Å². The Morgan fingerprint density at radius 2 is 2.05 bits per heavy atom. The molecular weight excluding hydrogens is 315 g/mol. The zero-order valence-electron chi connectivity index (χ0n) is 10.4. The van der Waals surface area contributed by atoms with Crippen LogP contribution in [0.5, 0.6) is 5.75 Å². The van der Waals surface area contributed by atoms with Crippen molar-refractivity contribution in [3.8, 4) is 17.0 Å². The molecule has 5 nitrogen and oxygen atoms in total. The lowest BCUT2D eigenvalue weighted by Gasteiger charge is -2.14. The highest BCUT2D eigenvalue weighted by Crippen LogP contribution is 2.42. The molecule has 1 aromatic heterocycles. The van der Waals surface area contributed by atoms with Crippen LogP contribution in [0.15, 0.2) is 22.7 Å². The molecule has 0 radical (unpaired) electrons. The number of carboxylic acids is 1. The molecule has 9 heteroatoms. The number of nitrogens with zero attached hydrogens (tertiary/aromatic N) is 1. The van der Waals surface area contributed by atoms with Crippen molar-refractivity contribution in [2.45, 2.75) is 6.18 Å². The number of benzene rings is 1. The highest BCUT2D eigenvalue weighted by atomic mass is 35.5. The Bertz CT molecular complexity index is 696. The first kappa shape index (κ1) is 15.2. The van der Waals surface area contributed by atoms with Crippen LogP contribution in [-0.2, 0) is 6.18 Å². The SMILES string of the molecule is COc1c(Cl)cc(-c2cc(C(=O)O)on2)cc1C(F)(F)F. The minimum atomic E-state index is -4.69. The van der Waals surface area contributed by atoms with Gasteiger partial charge in [-0.15, -0.1) is 0 Å². The number of aromatic nitrogens is 1. The van der Waals surface area contributed by atoms with Gasteiger partial charge in [0.15, 0.2) is 0 Å². The molecule has 0 aliphatic carbocycles. The largest absolute Gasteiger partial charge is 0.495 e. The lowest BCUT2D eigenvalue weighted by Crippen LogP contribution is -2.08. The number of aromatic carboxylic acids is 1. The van der Waals surface area contributed by atoms with E-state index in [0.29, 0.717) is 0 Å². The van der Waals surface area contributed by atoms with Gasteiger partial charge in [0.1, 0.15) is 11.4 Å². The first-order chi connectivity index (χ1) is 9.74. The van der Waals surface area contributed by atoms with E-state index in [1.54, 1.807) is 0 Å². The Morgan fingerprint density at radius 1 is 1.38 bits per heavy atom. The third-order valence-electron chi connectivity index (χ3n) is 2.57. The summed E-state index contributed by atoms with van der Waals surface area (Å²) in [5.74, 6) is -2.40. The van der Waals surface area contributed by atoms with Crippen molar-refractivity contribution < 1.29 is 32.3 Å². The van der Waals surface area contributed by atoms with E-state index in [4.69, 9.17) is 16.7 Å². The molecule has 0 saturated heterocycles. The number of halogens is 4. The molecule has 21 heavy (non-hydrogen) atoms. The lowest BCUT2D eigenvalue weighted by atomic mass is 10.1. The maximum absolute atomic E-state index is 13.0. The van der Waals surface area contributed by atoms with E-state index in [-0.39, 0.29) is 16.3 Å². The van der Waals surface area contributed by atoms with Crippen molar-refractivity contribution in [3.05, 3.63) is 34.5 Å². The summed E-state index contributed by atoms with van der Waals surface area (Å²) in [7, 11) is 1.06. The van der Waals surface area contributed by atoms with E-state index in [2.05, 4.69) is 14.4 Å². The van der Waals surface area contributed by atoms with E-state index < -0.39 is 29.2 Å². The number of hydrogen-bond acceptors (Lipinski definition) is 4. The van der Waals surface area contributed by atoms with Crippen molar-refractivity contribution in [2.75, 3.05) is 7.11 Å². The maximum atomic E-state index is 13.0. The van der Waals surface area contributed by atoms with Crippen LogP contribution in [0.2, 0.25) is 5.02 Å². The Morgan fingerprint density at radius 3 is 2.52 bits per heavy atom. The van der Waals surface area contributed by atoms with Crippen LogP contribution in [0.25, 0.3) is 11.3 Å². The average Bonchev–Trinajstić information content (AvgIpc) is 2.86. The fourth-order valence-corrected chi connectivity index (χ4v) is 1.97. The zero-order valence-corrected chi connectivity index (χ0v) is 11.1. The topological polar surface area (TPSA) is 72.6 Å². The fraction of sp³-hybridized carbons (Fsp3) is 0.167. The summed E-state index contributed by atoms with van der Waals surface area (Å²) in [4.78, 5) is 10.7. The molecule has 0 saturated carbocycles. The number of methoxy groups -OCH3 is 1. The molecule has 2 rings (SSSR count). The molecule has 0 unspecified atom stereocenters. The van der Waals surface area contributed by atoms with Crippen LogP contribution in [0.4, 0.5) is 13.2 Å². The molecule has 0 spiro atoms. The molecule has 0 atom stereocenters. The molecule has 0 bridgehead atoms. The summed E-state index contributed by atoms with van der Waals surface area (Å²) in [5, 5.41) is 11.8. The standard InChI is InChI=1S/C12H7ClF3NO4/c1-20-10-6(12(14,15)16)2-5(3-7(10)13)8-4-9(11(18)19)21-17-8/h2-4H,1H3,(H,18,19). The Hall–Kier alpha value is -2.22. The van der Waals surface area contributed by atoms with Gasteiger partial charge in [-0.1, -0.05) is 16.8 Å². The summed E-state index contributed by atoms with van der Waals surface area (Å²) in [6.07, 6.45) is -4.69. The molecule has 0 amide bonds. The predicted molar refractivity (Wildman–Crippen MR) is 65.5 cm³/mol. The third-order valence-corrected chi connectivity index (χ3v) is 2.85. The number of carbonyl (C=O) groups is 1. The number of ether oxygens (including phenoxy) is 1. The summed E-state index contributed by atoms with van der Waals surface area (Å²) in [5.41, 5.74) is -1.21. The van der Waals surface area contributed by atoms with E-state index in [1.165, 1.54) is 6.07 Å². The summed E-state index contributed by atoms with van der Waals surface area (Å²) in [6, 6.07) is 2.94. The first-order valence-electron chi connectivity index (χ1n) is 5.39. The average molecular weight is 322 g/mol. The van der Waals surface area contributed by atoms with E-state index in [1.807, 2.05) is 0 Å². The van der Waals surface area contributed by atoms with Crippen LogP contribution in [0.3, 0.4) is 0 Å². The van der Waals surface area contributed by atoms with Gasteiger partial charge < -0.3 is 14.4 Å². The quantitative estimate of drug-likeness (QED) is 0.932. The second kappa shape index (κ2) is 5.28. The molecule has 0 aliphatic heterocycles. The highest BCUT2D eigenvalue weighted by molar-refractivity contribution is 6.32. The normalized spacial score (nSPS) is 11.5. The van der Waals surface area contributed by atoms with Crippen molar-refractivity contribution >= 4 is 17.6 Å². The van der Waals surface area contributed by atoms with Crippen molar-refractivity contribution in [2.24, 2.45) is 0 Å². The zero-order chi connectivity index (χ0) is 15.8. The van der Waals surface area contributed by atoms with Gasteiger partial charge in [-0.3, -0.25) is 0 Å². The molecular formula is C12H7ClF3NO4. The van der Waals surface area contributed by atoms with Crippen molar-refractivity contribution in [1.82, 2.24) is 5.16 Å². The van der Waals surface area contributed by atoms with E-state index in [0.717, 1.165) is 19.2 Å². The van der Waals surface area contributed by atoms with E-state index in [9.17, 15) is 18.0 Å². The van der Waals surface area contributed by atoms with Crippen LogP contribution >= 0.6 is 11.6 Å². The first-order valence-corrected chi connectivity index (χ1v) is 5.77. The number of carboxylic acid groups (broad SMARTS) is 1. The van der Waals surface area contributed by atoms with Gasteiger partial charge in [0.25, 0.3) is 0 Å². The van der Waals surface area contributed by atoms with Crippen LogP contribution in [-0.4, -0.2) is 23.3 Å². The van der Waals surface area contributed by atoms with Gasteiger partial charge in [0, 0.05) is 11.6 Å². The summed E-state index contributed by atoms with van der Waals surface area (Å²) < 4.78 is 48.0. The van der Waals surface area contributed by atoms with Gasteiger partial charge in [-0.2, -0.15) is 13.2 Å². The number of hydrogen-bond donors (Lipinski definition) is 1. The van der Waals surface area contributed by atoms with Crippen LogP contribution in [0.1, 0.15) is 16.1 Å². The second-order valence-corrected chi connectivity index (χ2v) is 4.33. The van der Waals surface area contributed by atoms with Gasteiger partial charge in [-0.05, 0) is 12.1 Å². The lowest BCUT2D eigenvalue weighted by molar-refractivity contribution is -0.138. The van der Waals surface area contributed by atoms with Crippen LogP contribution in [0, 0.1) is 0 Å². The Balaban J connectivity index is 2.59. The predicted octanol–water partition coefficient (Wildman–Crippen LogP) is 3.72. The molecule has 2 aromatic rings. The van der Waals surface area contributed by atoms with Gasteiger partial charge in [0.05, 0.1) is 17.7 Å². The summed E-state index contributed by atoms with van der Waals surface area (Å²) in [6.45, 7) is 0.